The van der Waals surface area contributed by atoms with Crippen LogP contribution in [-0.4, -0.2) is 18.6 Å². The number of rotatable bonds is 4. The maximum atomic E-state index is 11.9. The molecule has 0 spiro atoms. The van der Waals surface area contributed by atoms with Crippen molar-refractivity contribution in [2.45, 2.75) is 52.6 Å². The molecular formula is C13H25NO2. The molecule has 3 atom stereocenters. The van der Waals surface area contributed by atoms with E-state index in [1.54, 1.807) is 0 Å². The Labute approximate surface area is 98.7 Å². The lowest BCUT2D eigenvalue weighted by Crippen LogP contribution is -2.34. The predicted molar refractivity (Wildman–Crippen MR) is 64.9 cm³/mol. The molecule has 3 unspecified atom stereocenters. The monoisotopic (exact) mass is 227 g/mol. The molecule has 1 aliphatic rings. The molecule has 1 rings (SSSR count). The van der Waals surface area contributed by atoms with Crippen LogP contribution in [0.25, 0.3) is 0 Å². The lowest BCUT2D eigenvalue weighted by atomic mass is 9.88. The molecule has 1 fully saturated rings. The van der Waals surface area contributed by atoms with Crippen molar-refractivity contribution < 1.29 is 9.53 Å². The molecule has 0 aromatic heterocycles. The highest BCUT2D eigenvalue weighted by molar-refractivity contribution is 5.73. The topological polar surface area (TPSA) is 52.3 Å². The summed E-state index contributed by atoms with van der Waals surface area (Å²) in [6, 6.07) is 0. The highest BCUT2D eigenvalue weighted by Gasteiger charge is 2.27. The van der Waals surface area contributed by atoms with Crippen molar-refractivity contribution in [2.75, 3.05) is 6.54 Å². The number of hydrogen-bond acceptors (Lipinski definition) is 3. The number of carbonyl (C=O) groups excluding carboxylic acids is 1. The molecule has 3 heteroatoms. The summed E-state index contributed by atoms with van der Waals surface area (Å²) in [7, 11) is 0. The van der Waals surface area contributed by atoms with Crippen LogP contribution in [0.4, 0.5) is 0 Å². The van der Waals surface area contributed by atoms with E-state index in [-0.39, 0.29) is 23.9 Å². The van der Waals surface area contributed by atoms with Crippen LogP contribution < -0.4 is 5.73 Å². The highest BCUT2D eigenvalue weighted by Crippen LogP contribution is 2.26. The molecule has 0 heterocycles. The highest BCUT2D eigenvalue weighted by atomic mass is 16.5. The molecule has 1 saturated carbocycles. The molecular weight excluding hydrogens is 202 g/mol. The summed E-state index contributed by atoms with van der Waals surface area (Å²) >= 11 is 0. The van der Waals surface area contributed by atoms with Gasteiger partial charge in [0.2, 0.25) is 0 Å². The molecule has 0 radical (unpaired) electrons. The van der Waals surface area contributed by atoms with E-state index in [2.05, 4.69) is 6.92 Å². The first-order valence-corrected chi connectivity index (χ1v) is 6.45. The normalized spacial score (nSPS) is 27.8. The zero-order chi connectivity index (χ0) is 12.1. The first-order valence-electron chi connectivity index (χ1n) is 6.45. The van der Waals surface area contributed by atoms with E-state index in [9.17, 15) is 4.79 Å². The van der Waals surface area contributed by atoms with Gasteiger partial charge in [0.05, 0.1) is 5.92 Å². The van der Waals surface area contributed by atoms with Crippen molar-refractivity contribution in [1.29, 1.82) is 0 Å². The SMILES string of the molecule is CC1CCCC(OC(=O)C(CN)C(C)C)C1. The van der Waals surface area contributed by atoms with Crippen LogP contribution >= 0.6 is 0 Å². The Hall–Kier alpha value is -0.570. The number of hydrogen-bond donors (Lipinski definition) is 1. The van der Waals surface area contributed by atoms with E-state index in [0.717, 1.165) is 12.8 Å². The molecule has 94 valence electrons. The van der Waals surface area contributed by atoms with Crippen LogP contribution in [0, 0.1) is 17.8 Å². The van der Waals surface area contributed by atoms with Gasteiger partial charge in [-0.05, 0) is 31.1 Å². The van der Waals surface area contributed by atoms with Gasteiger partial charge in [0.25, 0.3) is 0 Å². The van der Waals surface area contributed by atoms with Gasteiger partial charge >= 0.3 is 5.97 Å². The van der Waals surface area contributed by atoms with Crippen LogP contribution in [0.5, 0.6) is 0 Å². The Morgan fingerprint density at radius 1 is 1.44 bits per heavy atom. The van der Waals surface area contributed by atoms with Gasteiger partial charge in [-0.2, -0.15) is 0 Å². The third-order valence-electron chi connectivity index (χ3n) is 3.53. The van der Waals surface area contributed by atoms with Crippen LogP contribution in [0.15, 0.2) is 0 Å². The van der Waals surface area contributed by atoms with Gasteiger partial charge in [-0.1, -0.05) is 27.2 Å². The molecule has 3 nitrogen and oxygen atoms in total. The summed E-state index contributed by atoms with van der Waals surface area (Å²) < 4.78 is 5.56. The van der Waals surface area contributed by atoms with Crippen molar-refractivity contribution >= 4 is 5.97 Å². The fourth-order valence-corrected chi connectivity index (χ4v) is 2.38. The Morgan fingerprint density at radius 3 is 2.62 bits per heavy atom. The summed E-state index contributed by atoms with van der Waals surface area (Å²) in [5.41, 5.74) is 5.61. The first kappa shape index (κ1) is 13.5. The van der Waals surface area contributed by atoms with E-state index >= 15 is 0 Å². The molecule has 1 aliphatic carbocycles. The average molecular weight is 227 g/mol. The summed E-state index contributed by atoms with van der Waals surface area (Å²) in [5, 5.41) is 0. The summed E-state index contributed by atoms with van der Waals surface area (Å²) in [6.45, 7) is 6.65. The van der Waals surface area contributed by atoms with Crippen molar-refractivity contribution in [1.82, 2.24) is 0 Å². The van der Waals surface area contributed by atoms with Crippen molar-refractivity contribution in [3.05, 3.63) is 0 Å². The maximum absolute atomic E-state index is 11.9. The van der Waals surface area contributed by atoms with Gasteiger partial charge < -0.3 is 10.5 Å². The lowest BCUT2D eigenvalue weighted by molar-refractivity contribution is -0.157. The van der Waals surface area contributed by atoms with Gasteiger partial charge in [-0.3, -0.25) is 4.79 Å². The summed E-state index contributed by atoms with van der Waals surface area (Å²) in [6.07, 6.45) is 4.60. The molecule has 0 saturated heterocycles. The summed E-state index contributed by atoms with van der Waals surface area (Å²) in [5.74, 6) is 0.703. The number of ether oxygens (including phenoxy) is 1. The van der Waals surface area contributed by atoms with Gasteiger partial charge in [-0.25, -0.2) is 0 Å². The third kappa shape index (κ3) is 3.78. The molecule has 0 aliphatic heterocycles. The molecule has 0 aromatic rings. The van der Waals surface area contributed by atoms with E-state index < -0.39 is 0 Å². The Bertz CT molecular complexity index is 228. The van der Waals surface area contributed by atoms with Gasteiger partial charge in [0.1, 0.15) is 6.10 Å². The zero-order valence-electron chi connectivity index (χ0n) is 10.7. The van der Waals surface area contributed by atoms with E-state index in [4.69, 9.17) is 10.5 Å². The molecule has 0 bridgehead atoms. The second kappa shape index (κ2) is 6.24. The maximum Gasteiger partial charge on any atom is 0.310 e. The van der Waals surface area contributed by atoms with Crippen LogP contribution in [0.2, 0.25) is 0 Å². The van der Waals surface area contributed by atoms with Gasteiger partial charge in [0.15, 0.2) is 0 Å². The Kier molecular flexibility index (Phi) is 5.26. The van der Waals surface area contributed by atoms with Crippen molar-refractivity contribution in [3.63, 3.8) is 0 Å². The molecule has 0 aromatic carbocycles. The third-order valence-corrected chi connectivity index (χ3v) is 3.53. The van der Waals surface area contributed by atoms with Crippen molar-refractivity contribution in [2.24, 2.45) is 23.5 Å². The fourth-order valence-electron chi connectivity index (χ4n) is 2.38. The smallest absolute Gasteiger partial charge is 0.310 e. The minimum absolute atomic E-state index is 0.100. The average Bonchev–Trinajstić information content (AvgIpc) is 2.17. The van der Waals surface area contributed by atoms with Crippen LogP contribution in [0.3, 0.4) is 0 Å². The first-order chi connectivity index (χ1) is 7.54. The Balaban J connectivity index is 2.43. The minimum Gasteiger partial charge on any atom is -0.462 e. The Morgan fingerprint density at radius 2 is 2.12 bits per heavy atom. The lowest BCUT2D eigenvalue weighted by Gasteiger charge is -2.28. The predicted octanol–water partition coefficient (Wildman–Crippen LogP) is 2.34. The van der Waals surface area contributed by atoms with E-state index in [1.807, 2.05) is 13.8 Å². The second-order valence-electron chi connectivity index (χ2n) is 5.42. The van der Waals surface area contributed by atoms with Crippen molar-refractivity contribution in [3.8, 4) is 0 Å². The van der Waals surface area contributed by atoms with E-state index in [1.165, 1.54) is 12.8 Å². The zero-order valence-corrected chi connectivity index (χ0v) is 10.7. The quantitative estimate of drug-likeness (QED) is 0.750. The largest absolute Gasteiger partial charge is 0.462 e. The molecule has 16 heavy (non-hydrogen) atoms. The molecule has 0 amide bonds. The number of carbonyl (C=O) groups is 1. The number of nitrogens with two attached hydrogens (primary N) is 1. The van der Waals surface area contributed by atoms with E-state index in [0.29, 0.717) is 12.5 Å². The van der Waals surface area contributed by atoms with Crippen LogP contribution in [-0.2, 0) is 9.53 Å². The van der Waals surface area contributed by atoms with Crippen LogP contribution in [0.1, 0.15) is 46.5 Å². The second-order valence-corrected chi connectivity index (χ2v) is 5.42. The summed E-state index contributed by atoms with van der Waals surface area (Å²) in [4.78, 5) is 11.9. The molecule has 2 N–H and O–H groups in total. The standard InChI is InChI=1S/C13H25NO2/c1-9(2)12(8-14)13(15)16-11-6-4-5-10(3)7-11/h9-12H,4-8,14H2,1-3H3. The van der Waals surface area contributed by atoms with Gasteiger partial charge in [0, 0.05) is 6.54 Å². The number of esters is 1. The van der Waals surface area contributed by atoms with Gasteiger partial charge in [-0.15, -0.1) is 0 Å². The minimum atomic E-state index is -0.141. The fraction of sp³-hybridized carbons (Fsp3) is 0.923.